The predicted octanol–water partition coefficient (Wildman–Crippen LogP) is -2.11. The second-order valence-corrected chi connectivity index (χ2v) is 4.44. The minimum absolute atomic E-state index is 0.621. The molecule has 2 N–H and O–H groups in total. The van der Waals surface area contributed by atoms with Gasteiger partial charge in [0.25, 0.3) is 0 Å². The summed E-state index contributed by atoms with van der Waals surface area (Å²) >= 11 is 0. The van der Waals surface area contributed by atoms with Crippen molar-refractivity contribution in [3.05, 3.63) is 0 Å². The Labute approximate surface area is 76.6 Å². The summed E-state index contributed by atoms with van der Waals surface area (Å²) in [5.74, 6) is -2.55. The lowest BCUT2D eigenvalue weighted by Crippen LogP contribution is -2.33. The highest BCUT2D eigenvalue weighted by molar-refractivity contribution is 7.92. The zero-order chi connectivity index (χ0) is 10.5. The molecule has 0 unspecified atom stereocenters. The Morgan fingerprint density at radius 2 is 1.31 bits per heavy atom. The molecule has 13 heavy (non-hydrogen) atoms. The van der Waals surface area contributed by atoms with E-state index in [0.29, 0.717) is 0 Å². The number of carbonyl (C=O) groups is 2. The molecule has 0 aliphatic heterocycles. The molecular weight excluding hydrogens is 196 g/mol. The van der Waals surface area contributed by atoms with Crippen LogP contribution in [0.1, 0.15) is 0 Å². The number of amides is 2. The van der Waals surface area contributed by atoms with Gasteiger partial charge in [0.1, 0.15) is 11.5 Å². The first-order valence-electron chi connectivity index (χ1n) is 3.53. The number of rotatable bonds is 4. The van der Waals surface area contributed by atoms with Crippen molar-refractivity contribution in [3.63, 3.8) is 0 Å². The van der Waals surface area contributed by atoms with Crippen molar-refractivity contribution in [1.82, 2.24) is 10.6 Å². The summed E-state index contributed by atoms with van der Waals surface area (Å²) in [6.45, 7) is 0. The van der Waals surface area contributed by atoms with E-state index in [9.17, 15) is 18.0 Å². The lowest BCUT2D eigenvalue weighted by Gasteiger charge is -2.01. The fourth-order valence-corrected chi connectivity index (χ4v) is 1.78. The average molecular weight is 208 g/mol. The van der Waals surface area contributed by atoms with Crippen molar-refractivity contribution in [2.45, 2.75) is 0 Å². The Morgan fingerprint density at radius 1 is 1.00 bits per heavy atom. The molecule has 7 heteroatoms. The van der Waals surface area contributed by atoms with Gasteiger partial charge in [0.2, 0.25) is 11.8 Å². The maximum atomic E-state index is 11.0. The Bertz CT molecular complexity index is 272. The molecule has 76 valence electrons. The molecule has 0 fully saturated rings. The number of hydrogen-bond donors (Lipinski definition) is 2. The molecule has 0 aromatic rings. The standard InChI is InChI=1S/C6H12N2O4S/c1-7-5(9)3-13(11,12)4-6(10)8-2/h3-4H2,1-2H3,(H,7,9)(H,8,10). The molecule has 0 heterocycles. The monoisotopic (exact) mass is 208 g/mol. The van der Waals surface area contributed by atoms with Crippen LogP contribution in [0.5, 0.6) is 0 Å². The van der Waals surface area contributed by atoms with Gasteiger partial charge in [-0.1, -0.05) is 0 Å². The lowest BCUT2D eigenvalue weighted by atomic mass is 10.7. The van der Waals surface area contributed by atoms with Gasteiger partial charge >= 0.3 is 0 Å². The molecule has 0 radical (unpaired) electrons. The van der Waals surface area contributed by atoms with Gasteiger partial charge in [-0.15, -0.1) is 0 Å². The quantitative estimate of drug-likeness (QED) is 0.553. The van der Waals surface area contributed by atoms with E-state index in [0.717, 1.165) is 0 Å². The molecule has 2 amide bonds. The van der Waals surface area contributed by atoms with Gasteiger partial charge in [-0.25, -0.2) is 8.42 Å². The van der Waals surface area contributed by atoms with Crippen LogP contribution < -0.4 is 10.6 Å². The van der Waals surface area contributed by atoms with Crippen molar-refractivity contribution in [2.75, 3.05) is 25.6 Å². The molecule has 0 aromatic carbocycles. The van der Waals surface area contributed by atoms with E-state index in [1.54, 1.807) is 0 Å². The highest BCUT2D eigenvalue weighted by Gasteiger charge is 2.18. The van der Waals surface area contributed by atoms with Crippen LogP contribution in [0.3, 0.4) is 0 Å². The van der Waals surface area contributed by atoms with Crippen LogP contribution in [0.15, 0.2) is 0 Å². The SMILES string of the molecule is CNC(=O)CS(=O)(=O)CC(=O)NC. The molecule has 0 atom stereocenters. The predicted molar refractivity (Wildman–Crippen MR) is 46.8 cm³/mol. The van der Waals surface area contributed by atoms with E-state index in [1.807, 2.05) is 0 Å². The van der Waals surface area contributed by atoms with E-state index in [1.165, 1.54) is 14.1 Å². The molecule has 0 bridgehead atoms. The molecule has 0 aliphatic rings. The summed E-state index contributed by atoms with van der Waals surface area (Å²) in [7, 11) is -0.966. The first-order valence-corrected chi connectivity index (χ1v) is 5.35. The van der Waals surface area contributed by atoms with Crippen LogP contribution in [0, 0.1) is 0 Å². The van der Waals surface area contributed by atoms with Gasteiger partial charge in [-0.2, -0.15) is 0 Å². The summed E-state index contributed by atoms with van der Waals surface area (Å²) in [6.07, 6.45) is 0. The zero-order valence-corrected chi connectivity index (χ0v) is 8.27. The van der Waals surface area contributed by atoms with Crippen LogP contribution in [-0.2, 0) is 19.4 Å². The number of sulfone groups is 1. The molecule has 0 aliphatic carbocycles. The lowest BCUT2D eigenvalue weighted by molar-refractivity contribution is -0.118. The molecule has 0 saturated heterocycles. The van der Waals surface area contributed by atoms with E-state index >= 15 is 0 Å². The zero-order valence-electron chi connectivity index (χ0n) is 7.46. The third-order valence-corrected chi connectivity index (χ3v) is 2.66. The van der Waals surface area contributed by atoms with E-state index in [2.05, 4.69) is 10.6 Å². The minimum Gasteiger partial charge on any atom is -0.358 e. The average Bonchev–Trinajstić information content (AvgIpc) is 2.02. The van der Waals surface area contributed by atoms with Gasteiger partial charge in [-0.05, 0) is 0 Å². The van der Waals surface area contributed by atoms with Crippen molar-refractivity contribution in [3.8, 4) is 0 Å². The Kier molecular flexibility index (Phi) is 4.39. The highest BCUT2D eigenvalue weighted by atomic mass is 32.2. The van der Waals surface area contributed by atoms with Gasteiger partial charge in [0.15, 0.2) is 9.84 Å². The summed E-state index contributed by atoms with van der Waals surface area (Å²) in [6, 6.07) is 0. The van der Waals surface area contributed by atoms with Gasteiger partial charge < -0.3 is 10.6 Å². The third-order valence-electron chi connectivity index (χ3n) is 1.26. The van der Waals surface area contributed by atoms with Crippen LogP contribution in [0.25, 0.3) is 0 Å². The third kappa shape index (κ3) is 5.18. The molecular formula is C6H12N2O4S. The number of hydrogen-bond acceptors (Lipinski definition) is 4. The first kappa shape index (κ1) is 11.9. The Morgan fingerprint density at radius 3 is 1.54 bits per heavy atom. The van der Waals surface area contributed by atoms with Crippen molar-refractivity contribution >= 4 is 21.7 Å². The van der Waals surface area contributed by atoms with Gasteiger partial charge in [0.05, 0.1) is 0 Å². The molecule has 0 rings (SSSR count). The maximum absolute atomic E-state index is 11.0. The number of nitrogens with one attached hydrogen (secondary N) is 2. The van der Waals surface area contributed by atoms with Crippen LogP contribution in [0.4, 0.5) is 0 Å². The Balaban J connectivity index is 4.26. The van der Waals surface area contributed by atoms with Crippen molar-refractivity contribution < 1.29 is 18.0 Å². The van der Waals surface area contributed by atoms with Crippen molar-refractivity contribution in [1.29, 1.82) is 0 Å². The summed E-state index contributed by atoms with van der Waals surface area (Å²) in [5.41, 5.74) is 0. The van der Waals surface area contributed by atoms with Crippen molar-refractivity contribution in [2.24, 2.45) is 0 Å². The topological polar surface area (TPSA) is 92.3 Å². The molecule has 0 saturated carbocycles. The minimum atomic E-state index is -3.63. The van der Waals surface area contributed by atoms with Gasteiger partial charge in [-0.3, -0.25) is 9.59 Å². The molecule has 0 aromatic heterocycles. The van der Waals surface area contributed by atoms with E-state index < -0.39 is 33.2 Å². The summed E-state index contributed by atoms with van der Waals surface area (Å²) in [4.78, 5) is 21.4. The van der Waals surface area contributed by atoms with Crippen LogP contribution in [0.2, 0.25) is 0 Å². The van der Waals surface area contributed by atoms with E-state index in [4.69, 9.17) is 0 Å². The number of carbonyl (C=O) groups excluding carboxylic acids is 2. The van der Waals surface area contributed by atoms with Gasteiger partial charge in [0, 0.05) is 14.1 Å². The summed E-state index contributed by atoms with van der Waals surface area (Å²) < 4.78 is 22.1. The highest BCUT2D eigenvalue weighted by Crippen LogP contribution is 1.89. The summed E-state index contributed by atoms with van der Waals surface area (Å²) in [5, 5.41) is 4.33. The smallest absolute Gasteiger partial charge is 0.234 e. The second-order valence-electron chi connectivity index (χ2n) is 2.38. The molecule has 0 spiro atoms. The fourth-order valence-electron chi connectivity index (χ4n) is 0.595. The van der Waals surface area contributed by atoms with E-state index in [-0.39, 0.29) is 0 Å². The second kappa shape index (κ2) is 4.80. The first-order chi connectivity index (χ1) is 5.91. The largest absolute Gasteiger partial charge is 0.358 e. The normalized spacial score (nSPS) is 10.6. The maximum Gasteiger partial charge on any atom is 0.234 e. The fraction of sp³-hybridized carbons (Fsp3) is 0.667. The van der Waals surface area contributed by atoms with Crippen LogP contribution in [-0.4, -0.2) is 45.8 Å². The Hall–Kier alpha value is -1.11. The van der Waals surface area contributed by atoms with Crippen LogP contribution >= 0.6 is 0 Å². The molecule has 6 nitrogen and oxygen atoms in total.